The molecule has 9 heteroatoms. The third kappa shape index (κ3) is 4.95. The van der Waals surface area contributed by atoms with Gasteiger partial charge in [0.05, 0.1) is 0 Å². The maximum Gasteiger partial charge on any atom is 0.321 e. The van der Waals surface area contributed by atoms with Crippen molar-refractivity contribution in [2.45, 2.75) is 13.0 Å². The molecule has 0 saturated heterocycles. The quantitative estimate of drug-likeness (QED) is 0.696. The number of nitrogens with one attached hydrogen (secondary N) is 2. The molecule has 25 heavy (non-hydrogen) atoms. The van der Waals surface area contributed by atoms with Crippen LogP contribution in [0.1, 0.15) is 4.88 Å². The van der Waals surface area contributed by atoms with Crippen LogP contribution < -0.4 is 10.6 Å². The van der Waals surface area contributed by atoms with Crippen LogP contribution in [0.5, 0.6) is 0 Å². The summed E-state index contributed by atoms with van der Waals surface area (Å²) in [5.74, 6) is -0.0839. The van der Waals surface area contributed by atoms with E-state index in [0.717, 1.165) is 16.8 Å². The number of hydrogen-bond donors (Lipinski definition) is 2. The Morgan fingerprint density at radius 3 is 2.72 bits per heavy atom. The molecular formula is C16H16N6O2S. The number of benzene rings is 1. The second-order valence-corrected chi connectivity index (χ2v) is 6.18. The lowest BCUT2D eigenvalue weighted by Gasteiger charge is -2.05. The number of nitrogens with zero attached hydrogens (tertiary/aromatic N) is 4. The predicted octanol–water partition coefficient (Wildman–Crippen LogP) is 1.47. The van der Waals surface area contributed by atoms with Crippen LogP contribution in [0.4, 0.5) is 4.79 Å². The lowest BCUT2D eigenvalue weighted by molar-refractivity contribution is -0.121. The normalized spacial score (nSPS) is 10.4. The first kappa shape index (κ1) is 16.8. The van der Waals surface area contributed by atoms with Crippen molar-refractivity contribution < 1.29 is 9.59 Å². The van der Waals surface area contributed by atoms with Crippen molar-refractivity contribution in [2.75, 3.05) is 6.54 Å². The van der Waals surface area contributed by atoms with Crippen LogP contribution in [0, 0.1) is 0 Å². The summed E-state index contributed by atoms with van der Waals surface area (Å²) >= 11 is 1.63. The van der Waals surface area contributed by atoms with Gasteiger partial charge in [0.15, 0.2) is 0 Å². The van der Waals surface area contributed by atoms with Gasteiger partial charge in [0.1, 0.15) is 6.54 Å². The largest absolute Gasteiger partial charge is 0.337 e. The number of carbonyl (C=O) groups excluding carboxylic acids is 2. The molecule has 0 spiro atoms. The summed E-state index contributed by atoms with van der Waals surface area (Å²) in [6.45, 7) is 0.275. The van der Waals surface area contributed by atoms with Crippen molar-refractivity contribution in [3.05, 3.63) is 52.7 Å². The Bertz CT molecular complexity index is 831. The van der Waals surface area contributed by atoms with Gasteiger partial charge in [-0.1, -0.05) is 36.4 Å². The Kier molecular flexibility index (Phi) is 5.47. The van der Waals surface area contributed by atoms with Gasteiger partial charge in [-0.15, -0.1) is 21.5 Å². The van der Waals surface area contributed by atoms with Crippen molar-refractivity contribution in [2.24, 2.45) is 0 Å². The summed E-state index contributed by atoms with van der Waals surface area (Å²) in [6.07, 6.45) is 0.727. The third-order valence-corrected chi connectivity index (χ3v) is 4.20. The van der Waals surface area contributed by atoms with Gasteiger partial charge in [0.25, 0.3) is 5.91 Å². The Labute approximate surface area is 147 Å². The van der Waals surface area contributed by atoms with Crippen LogP contribution in [-0.4, -0.2) is 38.7 Å². The van der Waals surface area contributed by atoms with Crippen LogP contribution >= 0.6 is 11.3 Å². The molecular weight excluding hydrogens is 340 g/mol. The number of hydrogen-bond acceptors (Lipinski definition) is 6. The monoisotopic (exact) mass is 356 g/mol. The zero-order valence-corrected chi connectivity index (χ0v) is 14.1. The van der Waals surface area contributed by atoms with Gasteiger partial charge in [0.2, 0.25) is 5.82 Å². The Morgan fingerprint density at radius 2 is 1.96 bits per heavy atom. The molecule has 2 aromatic heterocycles. The van der Waals surface area contributed by atoms with Gasteiger partial charge < -0.3 is 5.32 Å². The molecule has 0 saturated carbocycles. The molecule has 0 aliphatic heterocycles. The second kappa shape index (κ2) is 8.15. The molecule has 0 fully saturated rings. The molecule has 2 N–H and O–H groups in total. The fourth-order valence-corrected chi connectivity index (χ4v) is 2.81. The van der Waals surface area contributed by atoms with Gasteiger partial charge in [-0.05, 0) is 23.1 Å². The van der Waals surface area contributed by atoms with E-state index in [-0.39, 0.29) is 6.54 Å². The highest BCUT2D eigenvalue weighted by atomic mass is 32.1. The maximum atomic E-state index is 11.9. The van der Waals surface area contributed by atoms with Crippen LogP contribution in [0.3, 0.4) is 0 Å². The summed E-state index contributed by atoms with van der Waals surface area (Å²) in [7, 11) is 0. The number of carbonyl (C=O) groups is 2. The molecule has 0 bridgehead atoms. The van der Waals surface area contributed by atoms with E-state index in [1.165, 1.54) is 4.88 Å². The minimum atomic E-state index is -0.537. The molecule has 128 valence electrons. The Morgan fingerprint density at radius 1 is 1.12 bits per heavy atom. The fraction of sp³-hybridized carbons (Fsp3) is 0.188. The van der Waals surface area contributed by atoms with Crippen molar-refractivity contribution in [3.63, 3.8) is 0 Å². The molecule has 0 unspecified atom stereocenters. The average molecular weight is 356 g/mol. The van der Waals surface area contributed by atoms with Crippen molar-refractivity contribution in [1.29, 1.82) is 0 Å². The fourth-order valence-electron chi connectivity index (χ4n) is 2.11. The second-order valence-electron chi connectivity index (χ2n) is 5.14. The zero-order valence-electron chi connectivity index (χ0n) is 13.3. The average Bonchev–Trinajstić information content (AvgIpc) is 3.27. The van der Waals surface area contributed by atoms with Gasteiger partial charge >= 0.3 is 6.03 Å². The van der Waals surface area contributed by atoms with Crippen molar-refractivity contribution in [3.8, 4) is 11.4 Å². The van der Waals surface area contributed by atoms with Crippen molar-refractivity contribution >= 4 is 23.3 Å². The van der Waals surface area contributed by atoms with E-state index in [1.54, 1.807) is 11.3 Å². The van der Waals surface area contributed by atoms with Gasteiger partial charge in [-0.25, -0.2) is 4.79 Å². The number of thiophene rings is 1. The molecule has 0 atom stereocenters. The van der Waals surface area contributed by atoms with E-state index in [2.05, 4.69) is 26.0 Å². The Hall–Kier alpha value is -3.07. The summed E-state index contributed by atoms with van der Waals surface area (Å²) in [4.78, 5) is 25.9. The number of rotatable bonds is 6. The molecule has 3 aromatic rings. The lowest BCUT2D eigenvalue weighted by Crippen LogP contribution is -2.41. The molecule has 3 rings (SSSR count). The van der Waals surface area contributed by atoms with Gasteiger partial charge in [0, 0.05) is 17.0 Å². The molecule has 0 radical (unpaired) electrons. The number of aromatic nitrogens is 4. The number of imide groups is 1. The first-order chi connectivity index (χ1) is 12.2. The summed E-state index contributed by atoms with van der Waals surface area (Å²) < 4.78 is 0. The third-order valence-electron chi connectivity index (χ3n) is 3.26. The van der Waals surface area contributed by atoms with E-state index in [9.17, 15) is 9.59 Å². The molecule has 3 amide bonds. The zero-order chi connectivity index (χ0) is 17.5. The first-order valence-corrected chi connectivity index (χ1v) is 8.52. The smallest absolute Gasteiger partial charge is 0.321 e. The van der Waals surface area contributed by atoms with E-state index in [4.69, 9.17) is 0 Å². The van der Waals surface area contributed by atoms with Crippen molar-refractivity contribution in [1.82, 2.24) is 30.8 Å². The number of amides is 3. The number of tetrazole rings is 1. The standard InChI is InChI=1S/C16H16N6O2S/c23-14(18-16(24)17-9-8-13-7-4-10-25-13)11-22-20-15(19-21-22)12-5-2-1-3-6-12/h1-7,10H,8-9,11H2,(H2,17,18,23,24). The van der Waals surface area contributed by atoms with Gasteiger partial charge in [-0.2, -0.15) is 4.80 Å². The van der Waals surface area contributed by atoms with E-state index in [1.807, 2.05) is 47.8 Å². The van der Waals surface area contributed by atoms with Crippen LogP contribution in [0.25, 0.3) is 11.4 Å². The summed E-state index contributed by atoms with van der Waals surface area (Å²) in [6, 6.07) is 12.7. The highest BCUT2D eigenvalue weighted by Gasteiger charge is 2.11. The van der Waals surface area contributed by atoms with E-state index < -0.39 is 11.9 Å². The predicted molar refractivity (Wildman–Crippen MR) is 92.8 cm³/mol. The minimum Gasteiger partial charge on any atom is -0.337 e. The van der Waals surface area contributed by atoms with E-state index in [0.29, 0.717) is 12.4 Å². The first-order valence-electron chi connectivity index (χ1n) is 7.64. The molecule has 0 aliphatic carbocycles. The topological polar surface area (TPSA) is 102 Å². The molecule has 8 nitrogen and oxygen atoms in total. The number of urea groups is 1. The highest BCUT2D eigenvalue weighted by Crippen LogP contribution is 2.11. The summed E-state index contributed by atoms with van der Waals surface area (Å²) in [5, 5.41) is 18.7. The highest BCUT2D eigenvalue weighted by molar-refractivity contribution is 7.09. The SMILES string of the molecule is O=C(Cn1nnc(-c2ccccc2)n1)NC(=O)NCCc1cccs1. The minimum absolute atomic E-state index is 0.182. The maximum absolute atomic E-state index is 11.9. The summed E-state index contributed by atoms with van der Waals surface area (Å²) in [5.41, 5.74) is 0.806. The molecule has 0 aliphatic rings. The molecule has 2 heterocycles. The Balaban J connectivity index is 1.44. The van der Waals surface area contributed by atoms with Gasteiger partial charge in [-0.3, -0.25) is 10.1 Å². The lowest BCUT2D eigenvalue weighted by atomic mass is 10.2. The molecule has 1 aromatic carbocycles. The van der Waals surface area contributed by atoms with Crippen LogP contribution in [0.15, 0.2) is 47.8 Å². The van der Waals surface area contributed by atoms with E-state index >= 15 is 0 Å². The van der Waals surface area contributed by atoms with Crippen LogP contribution in [0.2, 0.25) is 0 Å². The van der Waals surface area contributed by atoms with Crippen LogP contribution in [-0.2, 0) is 17.8 Å².